The molecule has 7 heteroatoms. The van der Waals surface area contributed by atoms with E-state index < -0.39 is 22.7 Å². The maximum atomic E-state index is 11.8. The summed E-state index contributed by atoms with van der Waals surface area (Å²) in [4.78, 5) is 34.4. The van der Waals surface area contributed by atoms with Gasteiger partial charge in [0, 0.05) is 5.92 Å². The Bertz CT molecular complexity index is 640. The van der Waals surface area contributed by atoms with Crippen LogP contribution < -0.4 is 4.74 Å². The Balaban J connectivity index is 3.47. The summed E-state index contributed by atoms with van der Waals surface area (Å²) >= 11 is 0. The lowest BCUT2D eigenvalue weighted by molar-refractivity contribution is -0.431. The molecule has 0 heterocycles. The molecule has 7 nitrogen and oxygen atoms in total. The van der Waals surface area contributed by atoms with Crippen molar-refractivity contribution >= 4 is 12.3 Å². The molecule has 0 N–H and O–H groups in total. The van der Waals surface area contributed by atoms with Crippen LogP contribution in [0, 0.1) is 16.0 Å². The van der Waals surface area contributed by atoms with Crippen LogP contribution in [0.5, 0.6) is 5.75 Å². The lowest BCUT2D eigenvalue weighted by Crippen LogP contribution is -2.22. The Hall–Kier alpha value is -2.70. The van der Waals surface area contributed by atoms with Gasteiger partial charge in [0.1, 0.15) is 12.0 Å². The predicted molar refractivity (Wildman–Crippen MR) is 91.9 cm³/mol. The van der Waals surface area contributed by atoms with E-state index >= 15 is 0 Å². The van der Waals surface area contributed by atoms with Crippen molar-refractivity contribution in [2.24, 2.45) is 5.92 Å². The molecule has 136 valence electrons. The number of nitrogens with zero attached hydrogens (tertiary/aromatic N) is 1. The van der Waals surface area contributed by atoms with Gasteiger partial charge in [0.05, 0.1) is 30.6 Å². The molecule has 0 aliphatic rings. The van der Waals surface area contributed by atoms with Gasteiger partial charge >= 0.3 is 5.97 Å². The minimum absolute atomic E-state index is 0.107. The van der Waals surface area contributed by atoms with E-state index in [1.165, 1.54) is 7.11 Å². The van der Waals surface area contributed by atoms with Crippen LogP contribution in [0.1, 0.15) is 38.2 Å². The molecule has 2 atom stereocenters. The van der Waals surface area contributed by atoms with Crippen molar-refractivity contribution in [3.8, 4) is 5.75 Å². The molecular weight excluding hydrogens is 326 g/mol. The number of ether oxygens (including phenoxy) is 2. The van der Waals surface area contributed by atoms with E-state index in [1.54, 1.807) is 31.2 Å². The average Bonchev–Trinajstić information content (AvgIpc) is 2.60. The molecule has 0 saturated heterocycles. The van der Waals surface area contributed by atoms with E-state index in [0.717, 1.165) is 6.08 Å². The quantitative estimate of drug-likeness (QED) is 0.212. The van der Waals surface area contributed by atoms with Gasteiger partial charge in [-0.2, -0.15) is 0 Å². The summed E-state index contributed by atoms with van der Waals surface area (Å²) in [6.45, 7) is 3.61. The number of methoxy groups -OCH3 is 1. The van der Waals surface area contributed by atoms with Crippen LogP contribution in [-0.2, 0) is 14.3 Å². The van der Waals surface area contributed by atoms with E-state index in [4.69, 9.17) is 9.47 Å². The molecule has 1 rings (SSSR count). The second kappa shape index (κ2) is 10.2. The van der Waals surface area contributed by atoms with Crippen molar-refractivity contribution in [2.75, 3.05) is 13.7 Å². The van der Waals surface area contributed by atoms with Gasteiger partial charge in [-0.15, -0.1) is 0 Å². The standard InChI is InChI=1S/C18H23NO6/c1-4-7-14(12-20)18(13-8-6-9-15(10-13)24-3)16(19(22)23)11-17(21)25-5-2/h6,8-12,14,18H,4-5,7H2,1-3H3/b16-11-/t14-,18+/m0/s1. The maximum Gasteiger partial charge on any atom is 0.337 e. The van der Waals surface area contributed by atoms with Gasteiger partial charge in [-0.1, -0.05) is 25.5 Å². The lowest BCUT2D eigenvalue weighted by atomic mass is 9.81. The highest BCUT2D eigenvalue weighted by atomic mass is 16.6. The van der Waals surface area contributed by atoms with E-state index in [-0.39, 0.29) is 12.3 Å². The van der Waals surface area contributed by atoms with Crippen LogP contribution in [0.25, 0.3) is 0 Å². The molecule has 0 aromatic heterocycles. The first-order chi connectivity index (χ1) is 12.0. The highest BCUT2D eigenvalue weighted by molar-refractivity contribution is 5.82. The Labute approximate surface area is 146 Å². The molecule has 0 fully saturated rings. The van der Waals surface area contributed by atoms with Crippen molar-refractivity contribution in [1.82, 2.24) is 0 Å². The zero-order valence-electron chi connectivity index (χ0n) is 14.6. The summed E-state index contributed by atoms with van der Waals surface area (Å²) in [5, 5.41) is 11.6. The Morgan fingerprint density at radius 3 is 2.60 bits per heavy atom. The van der Waals surface area contributed by atoms with Crippen molar-refractivity contribution in [3.63, 3.8) is 0 Å². The first-order valence-corrected chi connectivity index (χ1v) is 8.10. The minimum atomic E-state index is -0.869. The molecule has 1 aromatic carbocycles. The summed E-state index contributed by atoms with van der Waals surface area (Å²) in [7, 11) is 1.49. The molecule has 1 aromatic rings. The fraction of sp³-hybridized carbons (Fsp3) is 0.444. The number of esters is 1. The number of hydrogen-bond acceptors (Lipinski definition) is 6. The molecule has 0 bridgehead atoms. The summed E-state index contributed by atoms with van der Waals surface area (Å²) in [5.41, 5.74) is 0.175. The van der Waals surface area contributed by atoms with E-state index in [0.29, 0.717) is 30.4 Å². The van der Waals surface area contributed by atoms with Crippen LogP contribution in [0.3, 0.4) is 0 Å². The van der Waals surface area contributed by atoms with Crippen molar-refractivity contribution in [1.29, 1.82) is 0 Å². The molecule has 0 saturated carbocycles. The van der Waals surface area contributed by atoms with Gasteiger partial charge in [0.25, 0.3) is 5.70 Å². The maximum absolute atomic E-state index is 11.8. The number of allylic oxidation sites excluding steroid dienone is 1. The number of carbonyl (C=O) groups excluding carboxylic acids is 2. The van der Waals surface area contributed by atoms with Crippen LogP contribution in [0.4, 0.5) is 0 Å². The Morgan fingerprint density at radius 1 is 1.36 bits per heavy atom. The third-order valence-corrected chi connectivity index (χ3v) is 3.76. The van der Waals surface area contributed by atoms with E-state index in [2.05, 4.69) is 0 Å². The third kappa shape index (κ3) is 5.70. The van der Waals surface area contributed by atoms with Crippen molar-refractivity contribution < 1.29 is 24.0 Å². The summed E-state index contributed by atoms with van der Waals surface area (Å²) in [6, 6.07) is 6.72. The topological polar surface area (TPSA) is 95.7 Å². The summed E-state index contributed by atoms with van der Waals surface area (Å²) in [5.74, 6) is -1.79. The lowest BCUT2D eigenvalue weighted by Gasteiger charge is -2.21. The molecule has 0 unspecified atom stereocenters. The zero-order valence-corrected chi connectivity index (χ0v) is 14.6. The number of hydrogen-bond donors (Lipinski definition) is 0. The molecule has 0 aliphatic heterocycles. The second-order valence-corrected chi connectivity index (χ2v) is 5.42. The monoisotopic (exact) mass is 349 g/mol. The third-order valence-electron chi connectivity index (χ3n) is 3.76. The first kappa shape index (κ1) is 20.3. The number of rotatable bonds is 10. The van der Waals surface area contributed by atoms with Gasteiger partial charge in [-0.25, -0.2) is 4.79 Å². The predicted octanol–water partition coefficient (Wildman–Crippen LogP) is 3.12. The molecule has 0 aliphatic carbocycles. The van der Waals surface area contributed by atoms with Crippen LogP contribution >= 0.6 is 0 Å². The molecule has 0 amide bonds. The van der Waals surface area contributed by atoms with Crippen LogP contribution in [-0.4, -0.2) is 30.9 Å². The smallest absolute Gasteiger partial charge is 0.337 e. The normalized spacial score (nSPS) is 13.6. The largest absolute Gasteiger partial charge is 0.497 e. The van der Waals surface area contributed by atoms with Gasteiger partial charge in [0.15, 0.2) is 0 Å². The Kier molecular flexibility index (Phi) is 8.32. The van der Waals surface area contributed by atoms with Crippen molar-refractivity contribution in [2.45, 2.75) is 32.6 Å². The number of nitro groups is 1. The molecule has 0 radical (unpaired) electrons. The first-order valence-electron chi connectivity index (χ1n) is 8.10. The fourth-order valence-corrected chi connectivity index (χ4v) is 2.68. The van der Waals surface area contributed by atoms with Crippen LogP contribution in [0.15, 0.2) is 36.0 Å². The fourth-order valence-electron chi connectivity index (χ4n) is 2.68. The molecular formula is C18H23NO6. The highest BCUT2D eigenvalue weighted by Crippen LogP contribution is 2.35. The van der Waals surface area contributed by atoms with Gasteiger partial charge < -0.3 is 14.3 Å². The van der Waals surface area contributed by atoms with E-state index in [9.17, 15) is 19.7 Å². The van der Waals surface area contributed by atoms with E-state index in [1.807, 2.05) is 6.92 Å². The number of benzene rings is 1. The molecule has 25 heavy (non-hydrogen) atoms. The van der Waals surface area contributed by atoms with Crippen LogP contribution in [0.2, 0.25) is 0 Å². The summed E-state index contributed by atoms with van der Waals surface area (Å²) in [6.07, 6.45) is 2.70. The van der Waals surface area contributed by atoms with Crippen molar-refractivity contribution in [3.05, 3.63) is 51.7 Å². The van der Waals surface area contributed by atoms with Gasteiger partial charge in [-0.05, 0) is 31.0 Å². The minimum Gasteiger partial charge on any atom is -0.497 e. The van der Waals surface area contributed by atoms with Gasteiger partial charge in [-0.3, -0.25) is 10.1 Å². The summed E-state index contributed by atoms with van der Waals surface area (Å²) < 4.78 is 9.96. The second-order valence-electron chi connectivity index (χ2n) is 5.42. The SMILES string of the molecule is CCC[C@@H](C=O)[C@H](/C(=C/C(=O)OCC)[N+](=O)[O-])c1cccc(OC)c1. The Morgan fingerprint density at radius 2 is 2.08 bits per heavy atom. The highest BCUT2D eigenvalue weighted by Gasteiger charge is 2.35. The van der Waals surface area contributed by atoms with Gasteiger partial charge in [0.2, 0.25) is 0 Å². The average molecular weight is 349 g/mol. The molecule has 0 spiro atoms. The zero-order chi connectivity index (χ0) is 18.8. The number of carbonyl (C=O) groups is 2. The number of aldehydes is 1.